The fraction of sp³-hybridized carbons (Fsp3) is 0.412. The number of hydrogen-bond donors (Lipinski definition) is 1. The summed E-state index contributed by atoms with van der Waals surface area (Å²) in [5.41, 5.74) is 9.00. The Morgan fingerprint density at radius 2 is 2.18 bits per heavy atom. The number of unbranched alkanes of at least 4 members (excludes halogenated alkanes) is 1. The zero-order chi connectivity index (χ0) is 15.1. The van der Waals surface area contributed by atoms with Crippen LogP contribution in [0.15, 0.2) is 24.3 Å². The molecule has 5 heteroatoms. The Bertz CT molecular complexity index is 839. The molecule has 1 aliphatic heterocycles. The number of para-hydroxylation sites is 1. The number of nitrogens with two attached hydrogens (primary N) is 1. The molecule has 0 aliphatic carbocycles. The molecule has 0 saturated carbocycles. The van der Waals surface area contributed by atoms with Crippen LogP contribution in [-0.2, 0) is 11.3 Å². The Hall–Kier alpha value is -2.14. The predicted molar refractivity (Wildman–Crippen MR) is 87.7 cm³/mol. The van der Waals surface area contributed by atoms with Gasteiger partial charge in [0.15, 0.2) is 5.82 Å². The van der Waals surface area contributed by atoms with Crippen LogP contribution in [0.4, 0.5) is 5.82 Å². The summed E-state index contributed by atoms with van der Waals surface area (Å²) < 4.78 is 8.08. The first-order valence-electron chi connectivity index (χ1n) is 7.92. The number of nitrogens with zero attached hydrogens (tertiary/aromatic N) is 3. The van der Waals surface area contributed by atoms with Crippen LogP contribution in [0.5, 0.6) is 0 Å². The minimum Gasteiger partial charge on any atom is -0.382 e. The van der Waals surface area contributed by atoms with Crippen molar-refractivity contribution >= 4 is 27.8 Å². The van der Waals surface area contributed by atoms with Crippen LogP contribution in [0, 0.1) is 0 Å². The maximum absolute atomic E-state index is 6.15. The topological polar surface area (TPSA) is 66.0 Å². The van der Waals surface area contributed by atoms with E-state index in [0.717, 1.165) is 40.8 Å². The summed E-state index contributed by atoms with van der Waals surface area (Å²) in [7, 11) is 0. The van der Waals surface area contributed by atoms with Gasteiger partial charge in [-0.1, -0.05) is 38.0 Å². The van der Waals surface area contributed by atoms with Crippen LogP contribution in [0.1, 0.15) is 38.1 Å². The third-order valence-electron chi connectivity index (χ3n) is 4.42. The van der Waals surface area contributed by atoms with Crippen LogP contribution < -0.4 is 5.73 Å². The molecule has 0 saturated heterocycles. The maximum Gasteiger partial charge on any atom is 0.152 e. The molecular weight excluding hydrogens is 276 g/mol. The van der Waals surface area contributed by atoms with Gasteiger partial charge in [0, 0.05) is 5.39 Å². The molecule has 0 amide bonds. The number of anilines is 1. The zero-order valence-electron chi connectivity index (χ0n) is 12.7. The van der Waals surface area contributed by atoms with Gasteiger partial charge in [0.25, 0.3) is 0 Å². The molecule has 0 fully saturated rings. The lowest BCUT2D eigenvalue weighted by atomic mass is 10.1. The predicted octanol–water partition coefficient (Wildman–Crippen LogP) is 3.43. The van der Waals surface area contributed by atoms with Gasteiger partial charge in [0.1, 0.15) is 17.9 Å². The van der Waals surface area contributed by atoms with Crippen molar-refractivity contribution in [1.29, 1.82) is 0 Å². The average Bonchev–Trinajstić information content (AvgIpc) is 2.94. The summed E-state index contributed by atoms with van der Waals surface area (Å²) in [5.74, 6) is 1.47. The van der Waals surface area contributed by atoms with Gasteiger partial charge < -0.3 is 15.0 Å². The normalized spacial score (nSPS) is 18.0. The van der Waals surface area contributed by atoms with Gasteiger partial charge in [-0.3, -0.25) is 0 Å². The van der Waals surface area contributed by atoms with E-state index >= 15 is 0 Å². The number of fused-ring (bicyclic) bond motifs is 5. The van der Waals surface area contributed by atoms with E-state index in [0.29, 0.717) is 18.5 Å². The lowest BCUT2D eigenvalue weighted by Crippen LogP contribution is -2.23. The van der Waals surface area contributed by atoms with Gasteiger partial charge in [-0.05, 0) is 12.5 Å². The highest BCUT2D eigenvalue weighted by atomic mass is 16.5. The van der Waals surface area contributed by atoms with E-state index in [9.17, 15) is 0 Å². The summed E-state index contributed by atoms with van der Waals surface area (Å²) in [5, 5.41) is 1.12. The van der Waals surface area contributed by atoms with Crippen LogP contribution in [-0.4, -0.2) is 21.1 Å². The Balaban J connectivity index is 2.02. The second kappa shape index (κ2) is 5.25. The van der Waals surface area contributed by atoms with Crippen LogP contribution in [0.2, 0.25) is 0 Å². The van der Waals surface area contributed by atoms with E-state index in [-0.39, 0.29) is 0 Å². The van der Waals surface area contributed by atoms with Crippen LogP contribution >= 0.6 is 0 Å². The minimum absolute atomic E-state index is 0.332. The number of pyridine rings is 1. The highest BCUT2D eigenvalue weighted by Gasteiger charge is 2.26. The smallest absolute Gasteiger partial charge is 0.152 e. The molecule has 0 spiro atoms. The number of nitrogen functional groups attached to an aromatic ring is 1. The first kappa shape index (κ1) is 13.5. The summed E-state index contributed by atoms with van der Waals surface area (Å²) in [6.07, 6.45) is 3.47. The van der Waals surface area contributed by atoms with E-state index in [2.05, 4.69) is 22.5 Å². The second-order valence-electron chi connectivity index (χ2n) is 5.92. The highest BCUT2D eigenvalue weighted by Crippen LogP contribution is 2.34. The fourth-order valence-corrected chi connectivity index (χ4v) is 3.38. The molecular formula is C17H20N4O. The molecule has 2 N–H and O–H groups in total. The molecule has 1 aliphatic rings. The Labute approximate surface area is 129 Å². The van der Waals surface area contributed by atoms with Crippen molar-refractivity contribution in [3.63, 3.8) is 0 Å². The molecule has 0 unspecified atom stereocenters. The van der Waals surface area contributed by atoms with Crippen molar-refractivity contribution in [2.45, 2.75) is 38.8 Å². The van der Waals surface area contributed by atoms with Gasteiger partial charge in [-0.25, -0.2) is 9.97 Å². The van der Waals surface area contributed by atoms with Crippen molar-refractivity contribution in [3.8, 4) is 0 Å². The summed E-state index contributed by atoms with van der Waals surface area (Å²) in [6.45, 7) is 3.51. The van der Waals surface area contributed by atoms with E-state index < -0.39 is 0 Å². The summed E-state index contributed by atoms with van der Waals surface area (Å²) >= 11 is 0. The standard InChI is InChI=1S/C17H20N4O/c1-2-3-6-11-9-22-10-14-20-15-16(21(11)14)12-7-4-5-8-13(12)19-17(15)18/h4-5,7-8,11H,2-3,6,9-10H2,1H3,(H2,18,19)/t11-/m0/s1. The third kappa shape index (κ3) is 1.96. The summed E-state index contributed by atoms with van der Waals surface area (Å²) in [6, 6.07) is 8.47. The first-order chi connectivity index (χ1) is 10.8. The van der Waals surface area contributed by atoms with E-state index in [4.69, 9.17) is 15.5 Å². The SMILES string of the molecule is CCCC[C@H]1COCc2nc3c(N)nc4ccccc4c3n21. The monoisotopic (exact) mass is 296 g/mol. The number of aromatic nitrogens is 3. The number of benzene rings is 1. The van der Waals surface area contributed by atoms with Crippen molar-refractivity contribution in [2.75, 3.05) is 12.3 Å². The zero-order valence-corrected chi connectivity index (χ0v) is 12.7. The van der Waals surface area contributed by atoms with Gasteiger partial charge in [0.05, 0.1) is 23.7 Å². The molecule has 0 radical (unpaired) electrons. The Morgan fingerprint density at radius 1 is 1.32 bits per heavy atom. The quantitative estimate of drug-likeness (QED) is 0.804. The molecule has 0 bridgehead atoms. The molecule has 3 aromatic rings. The number of hydrogen-bond acceptors (Lipinski definition) is 4. The van der Waals surface area contributed by atoms with Gasteiger partial charge in [0.2, 0.25) is 0 Å². The molecule has 114 valence electrons. The maximum atomic E-state index is 6.15. The van der Waals surface area contributed by atoms with Crippen molar-refractivity contribution in [3.05, 3.63) is 30.1 Å². The lowest BCUT2D eigenvalue weighted by Gasteiger charge is -2.26. The molecule has 5 nitrogen and oxygen atoms in total. The summed E-state index contributed by atoms with van der Waals surface area (Å²) in [4.78, 5) is 9.21. The Morgan fingerprint density at radius 3 is 3.05 bits per heavy atom. The van der Waals surface area contributed by atoms with Crippen molar-refractivity contribution in [1.82, 2.24) is 14.5 Å². The number of rotatable bonds is 3. The molecule has 3 heterocycles. The van der Waals surface area contributed by atoms with Crippen molar-refractivity contribution in [2.24, 2.45) is 0 Å². The number of ether oxygens (including phenoxy) is 1. The number of imidazole rings is 1. The van der Waals surface area contributed by atoms with Gasteiger partial charge >= 0.3 is 0 Å². The molecule has 2 aromatic heterocycles. The highest BCUT2D eigenvalue weighted by molar-refractivity contribution is 6.06. The van der Waals surface area contributed by atoms with E-state index in [1.54, 1.807) is 0 Å². The fourth-order valence-electron chi connectivity index (χ4n) is 3.38. The van der Waals surface area contributed by atoms with Crippen LogP contribution in [0.25, 0.3) is 21.9 Å². The minimum atomic E-state index is 0.332. The molecule has 1 atom stereocenters. The van der Waals surface area contributed by atoms with Gasteiger partial charge in [-0.2, -0.15) is 0 Å². The van der Waals surface area contributed by atoms with Crippen LogP contribution in [0.3, 0.4) is 0 Å². The third-order valence-corrected chi connectivity index (χ3v) is 4.42. The molecule has 22 heavy (non-hydrogen) atoms. The largest absolute Gasteiger partial charge is 0.382 e. The molecule has 1 aromatic carbocycles. The molecule has 4 rings (SSSR count). The van der Waals surface area contributed by atoms with E-state index in [1.807, 2.05) is 18.2 Å². The van der Waals surface area contributed by atoms with Crippen molar-refractivity contribution < 1.29 is 4.74 Å². The first-order valence-corrected chi connectivity index (χ1v) is 7.92. The lowest BCUT2D eigenvalue weighted by molar-refractivity contribution is 0.0532. The second-order valence-corrected chi connectivity index (χ2v) is 5.92. The Kier molecular flexibility index (Phi) is 3.22. The van der Waals surface area contributed by atoms with E-state index in [1.165, 1.54) is 12.8 Å². The average molecular weight is 296 g/mol. The van der Waals surface area contributed by atoms with Gasteiger partial charge in [-0.15, -0.1) is 0 Å².